The second-order valence-electron chi connectivity index (χ2n) is 5.72. The Morgan fingerprint density at radius 2 is 1.81 bits per heavy atom. The van der Waals surface area contributed by atoms with Crippen LogP contribution in [-0.4, -0.2) is 32.6 Å². The summed E-state index contributed by atoms with van der Waals surface area (Å²) in [5.41, 5.74) is 0.986. The average molecular weight is 395 g/mol. The Hall–Kier alpha value is -2.80. The fraction of sp³-hybridized carbons (Fsp3) is 0.263. The van der Waals surface area contributed by atoms with Crippen molar-refractivity contribution in [3.63, 3.8) is 0 Å². The van der Waals surface area contributed by atoms with E-state index in [2.05, 4.69) is 10.6 Å². The predicted octanol–water partition coefficient (Wildman–Crippen LogP) is 3.10. The quantitative estimate of drug-likeness (QED) is 0.756. The van der Waals surface area contributed by atoms with Crippen LogP contribution in [0.3, 0.4) is 0 Å². The number of benzene rings is 2. The topological polar surface area (TPSA) is 76.7 Å². The molecule has 0 fully saturated rings. The minimum absolute atomic E-state index is 0.0182. The van der Waals surface area contributed by atoms with Gasteiger partial charge in [-0.3, -0.25) is 9.59 Å². The monoisotopic (exact) mass is 394 g/mol. The van der Waals surface area contributed by atoms with Gasteiger partial charge in [-0.05, 0) is 42.8 Å². The SMILES string of the molecule is COc1ccc(C(=O)NCC(=O)NC(C)c2ccc(F)c(Cl)c2)cc1OC. The van der Waals surface area contributed by atoms with Crippen molar-refractivity contribution < 1.29 is 23.5 Å². The lowest BCUT2D eigenvalue weighted by atomic mass is 10.1. The molecule has 6 nitrogen and oxygen atoms in total. The molecule has 0 saturated heterocycles. The van der Waals surface area contributed by atoms with Gasteiger partial charge < -0.3 is 20.1 Å². The van der Waals surface area contributed by atoms with Crippen LogP contribution in [0.15, 0.2) is 36.4 Å². The van der Waals surface area contributed by atoms with E-state index in [1.165, 1.54) is 38.5 Å². The van der Waals surface area contributed by atoms with Crippen molar-refractivity contribution in [3.8, 4) is 11.5 Å². The number of methoxy groups -OCH3 is 2. The van der Waals surface area contributed by atoms with Crippen LogP contribution in [0.1, 0.15) is 28.9 Å². The zero-order chi connectivity index (χ0) is 20.0. The van der Waals surface area contributed by atoms with Gasteiger partial charge in [0.15, 0.2) is 11.5 Å². The Bertz CT molecular complexity index is 844. The summed E-state index contributed by atoms with van der Waals surface area (Å²) in [5.74, 6) is -0.434. The van der Waals surface area contributed by atoms with Crippen molar-refractivity contribution in [1.82, 2.24) is 10.6 Å². The summed E-state index contributed by atoms with van der Waals surface area (Å²) in [6.07, 6.45) is 0. The summed E-state index contributed by atoms with van der Waals surface area (Å²) in [7, 11) is 2.97. The van der Waals surface area contributed by atoms with E-state index in [4.69, 9.17) is 21.1 Å². The van der Waals surface area contributed by atoms with Gasteiger partial charge in [0.25, 0.3) is 5.91 Å². The molecule has 0 radical (unpaired) electrons. The number of hydrogen-bond acceptors (Lipinski definition) is 4. The number of halogens is 2. The normalized spacial score (nSPS) is 11.4. The lowest BCUT2D eigenvalue weighted by Crippen LogP contribution is -2.38. The molecule has 27 heavy (non-hydrogen) atoms. The highest BCUT2D eigenvalue weighted by molar-refractivity contribution is 6.30. The third kappa shape index (κ3) is 5.34. The van der Waals surface area contributed by atoms with Gasteiger partial charge in [0.1, 0.15) is 5.82 Å². The van der Waals surface area contributed by atoms with E-state index < -0.39 is 23.7 Å². The van der Waals surface area contributed by atoms with Crippen LogP contribution in [0.4, 0.5) is 4.39 Å². The fourth-order valence-corrected chi connectivity index (χ4v) is 2.59. The van der Waals surface area contributed by atoms with E-state index in [-0.39, 0.29) is 11.6 Å². The van der Waals surface area contributed by atoms with E-state index in [0.29, 0.717) is 22.6 Å². The number of ether oxygens (including phenoxy) is 2. The lowest BCUT2D eigenvalue weighted by Gasteiger charge is -2.15. The van der Waals surface area contributed by atoms with Crippen molar-refractivity contribution in [1.29, 1.82) is 0 Å². The first-order valence-electron chi connectivity index (χ1n) is 8.10. The van der Waals surface area contributed by atoms with Crippen LogP contribution in [0.25, 0.3) is 0 Å². The molecule has 0 saturated carbocycles. The number of amides is 2. The van der Waals surface area contributed by atoms with Crippen molar-refractivity contribution in [2.75, 3.05) is 20.8 Å². The lowest BCUT2D eigenvalue weighted by molar-refractivity contribution is -0.120. The second kappa shape index (κ2) is 9.23. The zero-order valence-electron chi connectivity index (χ0n) is 15.1. The molecule has 1 atom stereocenters. The molecule has 144 valence electrons. The molecule has 1 unspecified atom stereocenters. The highest BCUT2D eigenvalue weighted by Gasteiger charge is 2.14. The zero-order valence-corrected chi connectivity index (χ0v) is 15.9. The summed E-state index contributed by atoms with van der Waals surface area (Å²) in [4.78, 5) is 24.3. The molecule has 0 spiro atoms. The Morgan fingerprint density at radius 1 is 1.11 bits per heavy atom. The van der Waals surface area contributed by atoms with Crippen LogP contribution >= 0.6 is 11.6 Å². The Morgan fingerprint density at radius 3 is 2.44 bits per heavy atom. The summed E-state index contributed by atoms with van der Waals surface area (Å²) in [6, 6.07) is 8.52. The largest absolute Gasteiger partial charge is 0.493 e. The first-order chi connectivity index (χ1) is 12.8. The first-order valence-corrected chi connectivity index (χ1v) is 8.48. The highest BCUT2D eigenvalue weighted by Crippen LogP contribution is 2.27. The van der Waals surface area contributed by atoms with Crippen LogP contribution in [0, 0.1) is 5.82 Å². The molecule has 0 aliphatic rings. The molecule has 0 bridgehead atoms. The third-order valence-corrected chi connectivity index (χ3v) is 4.17. The molecule has 2 aromatic carbocycles. The summed E-state index contributed by atoms with van der Waals surface area (Å²) < 4.78 is 23.5. The Kier molecular flexibility index (Phi) is 7.01. The molecule has 0 aliphatic heterocycles. The second-order valence-corrected chi connectivity index (χ2v) is 6.12. The van der Waals surface area contributed by atoms with Gasteiger partial charge in [-0.15, -0.1) is 0 Å². The van der Waals surface area contributed by atoms with Crippen LogP contribution in [0.5, 0.6) is 11.5 Å². The van der Waals surface area contributed by atoms with E-state index in [9.17, 15) is 14.0 Å². The van der Waals surface area contributed by atoms with Gasteiger partial charge in [-0.25, -0.2) is 4.39 Å². The minimum Gasteiger partial charge on any atom is -0.493 e. The van der Waals surface area contributed by atoms with E-state index in [0.717, 1.165) is 0 Å². The van der Waals surface area contributed by atoms with E-state index >= 15 is 0 Å². The summed E-state index contributed by atoms with van der Waals surface area (Å²) in [6.45, 7) is 1.52. The maximum absolute atomic E-state index is 13.2. The molecule has 2 N–H and O–H groups in total. The molecule has 0 aromatic heterocycles. The van der Waals surface area contributed by atoms with Gasteiger partial charge in [0.2, 0.25) is 5.91 Å². The van der Waals surface area contributed by atoms with Crippen LogP contribution in [-0.2, 0) is 4.79 Å². The van der Waals surface area contributed by atoms with Crippen molar-refractivity contribution in [3.05, 3.63) is 58.4 Å². The number of hydrogen-bond donors (Lipinski definition) is 2. The van der Waals surface area contributed by atoms with Crippen molar-refractivity contribution in [2.24, 2.45) is 0 Å². The number of rotatable bonds is 7. The van der Waals surface area contributed by atoms with Gasteiger partial charge in [0.05, 0.1) is 31.8 Å². The molecular weight excluding hydrogens is 375 g/mol. The minimum atomic E-state index is -0.527. The maximum Gasteiger partial charge on any atom is 0.251 e. The van der Waals surface area contributed by atoms with E-state index in [1.807, 2.05) is 0 Å². The standard InChI is InChI=1S/C19H20ClFN2O4/c1-11(12-4-6-15(21)14(20)8-12)23-18(24)10-22-19(25)13-5-7-16(26-2)17(9-13)27-3/h4-9,11H,10H2,1-3H3,(H,22,25)(H,23,24). The molecule has 2 amide bonds. The molecule has 8 heteroatoms. The summed E-state index contributed by atoms with van der Waals surface area (Å²) in [5, 5.41) is 5.22. The summed E-state index contributed by atoms with van der Waals surface area (Å²) >= 11 is 5.75. The number of carbonyl (C=O) groups is 2. The van der Waals surface area contributed by atoms with Crippen LogP contribution < -0.4 is 20.1 Å². The average Bonchev–Trinajstić information content (AvgIpc) is 2.67. The van der Waals surface area contributed by atoms with Gasteiger partial charge in [-0.2, -0.15) is 0 Å². The van der Waals surface area contributed by atoms with Crippen molar-refractivity contribution >= 4 is 23.4 Å². The first kappa shape index (κ1) is 20.5. The number of nitrogens with one attached hydrogen (secondary N) is 2. The van der Waals surface area contributed by atoms with Gasteiger partial charge >= 0.3 is 0 Å². The Balaban J connectivity index is 1.92. The van der Waals surface area contributed by atoms with E-state index in [1.54, 1.807) is 19.1 Å². The Labute approximate surface area is 161 Å². The molecule has 2 rings (SSSR count). The molecular formula is C19H20ClFN2O4. The maximum atomic E-state index is 13.2. The van der Waals surface area contributed by atoms with Crippen molar-refractivity contribution in [2.45, 2.75) is 13.0 Å². The van der Waals surface area contributed by atoms with Gasteiger partial charge in [-0.1, -0.05) is 17.7 Å². The molecule has 0 heterocycles. The molecule has 2 aromatic rings. The molecule has 0 aliphatic carbocycles. The third-order valence-electron chi connectivity index (χ3n) is 3.88. The smallest absolute Gasteiger partial charge is 0.251 e. The highest BCUT2D eigenvalue weighted by atomic mass is 35.5. The fourth-order valence-electron chi connectivity index (χ4n) is 2.40. The van der Waals surface area contributed by atoms with Crippen LogP contribution in [0.2, 0.25) is 5.02 Å². The predicted molar refractivity (Wildman–Crippen MR) is 99.8 cm³/mol. The number of carbonyl (C=O) groups excluding carboxylic acids is 2. The van der Waals surface area contributed by atoms with Gasteiger partial charge in [0, 0.05) is 5.56 Å².